The molecule has 19 heavy (non-hydrogen) atoms. The lowest BCUT2D eigenvalue weighted by Gasteiger charge is -2.22. The third-order valence-electron chi connectivity index (χ3n) is 3.01. The molecule has 0 atom stereocenters. The molecule has 106 valence electrons. The smallest absolute Gasteiger partial charge is 0.248 e. The van der Waals surface area contributed by atoms with Crippen LogP contribution >= 0.6 is 0 Å². The van der Waals surface area contributed by atoms with Crippen molar-refractivity contribution in [2.24, 2.45) is 5.73 Å². The van der Waals surface area contributed by atoms with E-state index in [2.05, 4.69) is 0 Å². The number of nitrogens with zero attached hydrogens (tertiary/aromatic N) is 1. The average Bonchev–Trinajstić information content (AvgIpc) is 2.45. The van der Waals surface area contributed by atoms with Gasteiger partial charge in [-0.05, 0) is 24.5 Å². The zero-order valence-electron chi connectivity index (χ0n) is 11.9. The summed E-state index contributed by atoms with van der Waals surface area (Å²) in [6, 6.07) is 7.96. The third kappa shape index (κ3) is 5.01. The Morgan fingerprint density at radius 2 is 1.95 bits per heavy atom. The summed E-state index contributed by atoms with van der Waals surface area (Å²) < 4.78 is 5.31. The lowest BCUT2D eigenvalue weighted by Crippen LogP contribution is -2.33. The number of carbonyl (C=O) groups excluding carboxylic acids is 1. The van der Waals surface area contributed by atoms with Crippen molar-refractivity contribution >= 4 is 5.91 Å². The van der Waals surface area contributed by atoms with E-state index in [9.17, 15) is 4.79 Å². The highest BCUT2D eigenvalue weighted by Crippen LogP contribution is 2.11. The van der Waals surface area contributed by atoms with E-state index in [1.165, 1.54) is 0 Å². The van der Waals surface area contributed by atoms with Gasteiger partial charge in [-0.15, -0.1) is 0 Å². The van der Waals surface area contributed by atoms with Crippen LogP contribution in [0.3, 0.4) is 0 Å². The molecule has 1 aromatic rings. The Morgan fingerprint density at radius 3 is 2.53 bits per heavy atom. The second kappa shape index (κ2) is 8.67. The van der Waals surface area contributed by atoms with Crippen LogP contribution in [-0.4, -0.2) is 30.6 Å². The molecular formula is C15H24N2O2. The molecule has 2 N–H and O–H groups in total. The molecule has 0 bridgehead atoms. The van der Waals surface area contributed by atoms with Crippen molar-refractivity contribution in [3.63, 3.8) is 0 Å². The highest BCUT2D eigenvalue weighted by Gasteiger charge is 2.13. The van der Waals surface area contributed by atoms with Crippen molar-refractivity contribution in [2.45, 2.75) is 33.4 Å². The number of benzene rings is 1. The highest BCUT2D eigenvalue weighted by molar-refractivity contribution is 5.77. The van der Waals surface area contributed by atoms with E-state index in [4.69, 9.17) is 10.5 Å². The first-order valence-corrected chi connectivity index (χ1v) is 6.85. The van der Waals surface area contributed by atoms with Gasteiger partial charge in [0.2, 0.25) is 5.91 Å². The molecule has 1 amide bonds. The minimum absolute atomic E-state index is 0.0303. The summed E-state index contributed by atoms with van der Waals surface area (Å²) in [7, 11) is 0. The molecule has 0 unspecified atom stereocenters. The van der Waals surface area contributed by atoms with Gasteiger partial charge in [-0.1, -0.05) is 31.2 Å². The topological polar surface area (TPSA) is 55.6 Å². The van der Waals surface area contributed by atoms with Crippen molar-refractivity contribution in [3.8, 4) is 0 Å². The standard InChI is InChI=1S/C15H24N2O2/c1-3-9-19-12-15(18)17(4-2)11-14-8-6-5-7-13(14)10-16/h5-8H,3-4,9-12,16H2,1-2H3. The van der Waals surface area contributed by atoms with Gasteiger partial charge in [-0.25, -0.2) is 0 Å². The van der Waals surface area contributed by atoms with Crippen LogP contribution < -0.4 is 5.73 Å². The van der Waals surface area contributed by atoms with Crippen LogP contribution in [0.15, 0.2) is 24.3 Å². The van der Waals surface area contributed by atoms with Crippen LogP contribution in [0.4, 0.5) is 0 Å². The molecule has 0 heterocycles. The second-order valence-corrected chi connectivity index (χ2v) is 4.43. The number of hydrogen-bond donors (Lipinski definition) is 1. The number of likely N-dealkylation sites (N-methyl/N-ethyl adjacent to an activating group) is 1. The Balaban J connectivity index is 2.62. The van der Waals surface area contributed by atoms with E-state index in [0.29, 0.717) is 26.2 Å². The molecular weight excluding hydrogens is 240 g/mol. The summed E-state index contributed by atoms with van der Waals surface area (Å²) in [5, 5.41) is 0. The quantitative estimate of drug-likeness (QED) is 0.730. The second-order valence-electron chi connectivity index (χ2n) is 4.43. The van der Waals surface area contributed by atoms with Crippen molar-refractivity contribution in [2.75, 3.05) is 19.8 Å². The molecule has 0 radical (unpaired) electrons. The summed E-state index contributed by atoms with van der Waals surface area (Å²) >= 11 is 0. The average molecular weight is 264 g/mol. The molecule has 4 nitrogen and oxygen atoms in total. The first-order chi connectivity index (χ1) is 9.22. The summed E-state index contributed by atoms with van der Waals surface area (Å²) in [6.07, 6.45) is 0.926. The predicted molar refractivity (Wildman–Crippen MR) is 76.5 cm³/mol. The molecule has 0 aliphatic heterocycles. The van der Waals surface area contributed by atoms with Gasteiger partial charge in [0.05, 0.1) is 0 Å². The monoisotopic (exact) mass is 264 g/mol. The normalized spacial score (nSPS) is 10.5. The molecule has 0 aromatic heterocycles. The van der Waals surface area contributed by atoms with Gasteiger partial charge in [0.25, 0.3) is 0 Å². The zero-order valence-corrected chi connectivity index (χ0v) is 11.9. The fraction of sp³-hybridized carbons (Fsp3) is 0.533. The van der Waals surface area contributed by atoms with Gasteiger partial charge < -0.3 is 15.4 Å². The number of carbonyl (C=O) groups is 1. The molecule has 0 aliphatic carbocycles. The summed E-state index contributed by atoms with van der Waals surface area (Å²) in [4.78, 5) is 13.8. The fourth-order valence-electron chi connectivity index (χ4n) is 1.89. The zero-order chi connectivity index (χ0) is 14.1. The van der Waals surface area contributed by atoms with E-state index >= 15 is 0 Å². The minimum atomic E-state index is 0.0303. The number of amides is 1. The first kappa shape index (κ1) is 15.7. The Hall–Kier alpha value is -1.39. The number of nitrogens with two attached hydrogens (primary N) is 1. The Morgan fingerprint density at radius 1 is 1.26 bits per heavy atom. The van der Waals surface area contributed by atoms with Crippen LogP contribution in [-0.2, 0) is 22.6 Å². The lowest BCUT2D eigenvalue weighted by molar-refractivity contribution is -0.136. The Labute approximate surface area is 115 Å². The van der Waals surface area contributed by atoms with Crippen LogP contribution in [0, 0.1) is 0 Å². The van der Waals surface area contributed by atoms with Gasteiger partial charge in [0, 0.05) is 26.2 Å². The highest BCUT2D eigenvalue weighted by atomic mass is 16.5. The minimum Gasteiger partial charge on any atom is -0.372 e. The SMILES string of the molecule is CCCOCC(=O)N(CC)Cc1ccccc1CN. The molecule has 1 aromatic carbocycles. The maximum absolute atomic E-state index is 12.0. The third-order valence-corrected chi connectivity index (χ3v) is 3.01. The molecule has 0 fully saturated rings. The predicted octanol–water partition coefficient (Wildman–Crippen LogP) is 1.92. The Bertz CT molecular complexity index is 393. The Kier molecular flexibility index (Phi) is 7.15. The molecule has 0 spiro atoms. The fourth-order valence-corrected chi connectivity index (χ4v) is 1.89. The largest absolute Gasteiger partial charge is 0.372 e. The van der Waals surface area contributed by atoms with Gasteiger partial charge in [0.15, 0.2) is 0 Å². The summed E-state index contributed by atoms with van der Waals surface area (Å²) in [5.74, 6) is 0.0303. The van der Waals surface area contributed by atoms with E-state index in [-0.39, 0.29) is 12.5 Å². The first-order valence-electron chi connectivity index (χ1n) is 6.85. The van der Waals surface area contributed by atoms with Crippen molar-refractivity contribution in [3.05, 3.63) is 35.4 Å². The maximum Gasteiger partial charge on any atom is 0.248 e. The van der Waals surface area contributed by atoms with Crippen molar-refractivity contribution in [1.82, 2.24) is 4.90 Å². The van der Waals surface area contributed by atoms with Crippen molar-refractivity contribution in [1.29, 1.82) is 0 Å². The summed E-state index contributed by atoms with van der Waals surface area (Å²) in [6.45, 7) is 6.55. The number of rotatable bonds is 8. The van der Waals surface area contributed by atoms with Gasteiger partial charge in [0.1, 0.15) is 6.61 Å². The van der Waals surface area contributed by atoms with E-state index < -0.39 is 0 Å². The molecule has 1 rings (SSSR count). The summed E-state index contributed by atoms with van der Waals surface area (Å²) in [5.41, 5.74) is 7.91. The van der Waals surface area contributed by atoms with Crippen LogP contribution in [0.2, 0.25) is 0 Å². The van der Waals surface area contributed by atoms with Gasteiger partial charge in [-0.3, -0.25) is 4.79 Å². The molecule has 0 aliphatic rings. The van der Waals surface area contributed by atoms with Crippen LogP contribution in [0.25, 0.3) is 0 Å². The lowest BCUT2D eigenvalue weighted by atomic mass is 10.1. The van der Waals surface area contributed by atoms with Crippen LogP contribution in [0.5, 0.6) is 0 Å². The van der Waals surface area contributed by atoms with Crippen molar-refractivity contribution < 1.29 is 9.53 Å². The van der Waals surface area contributed by atoms with Crippen LogP contribution in [0.1, 0.15) is 31.4 Å². The van der Waals surface area contributed by atoms with E-state index in [0.717, 1.165) is 17.5 Å². The molecule has 0 saturated heterocycles. The van der Waals surface area contributed by atoms with E-state index in [1.54, 1.807) is 4.90 Å². The number of ether oxygens (including phenoxy) is 1. The molecule has 0 saturated carbocycles. The van der Waals surface area contributed by atoms with Gasteiger partial charge >= 0.3 is 0 Å². The maximum atomic E-state index is 12.0. The van der Waals surface area contributed by atoms with Gasteiger partial charge in [-0.2, -0.15) is 0 Å². The molecule has 4 heteroatoms. The number of hydrogen-bond acceptors (Lipinski definition) is 3. The van der Waals surface area contributed by atoms with E-state index in [1.807, 2.05) is 38.1 Å².